The van der Waals surface area contributed by atoms with Gasteiger partial charge in [-0.15, -0.1) is 0 Å². The Morgan fingerprint density at radius 1 is 0.724 bits per heavy atom. The van der Waals surface area contributed by atoms with Gasteiger partial charge in [-0.05, 0) is 43.3 Å². The average molecular weight is 389 g/mol. The van der Waals surface area contributed by atoms with Crippen LogP contribution in [0.25, 0.3) is 0 Å². The van der Waals surface area contributed by atoms with Crippen molar-refractivity contribution in [1.82, 2.24) is 0 Å². The van der Waals surface area contributed by atoms with Crippen molar-refractivity contribution in [3.8, 4) is 23.0 Å². The number of nitrogens with zero attached hydrogens (tertiary/aromatic N) is 1. The second-order valence-corrected chi connectivity index (χ2v) is 6.13. The van der Waals surface area contributed by atoms with E-state index in [2.05, 4.69) is 4.99 Å². The molecule has 0 heterocycles. The van der Waals surface area contributed by atoms with E-state index in [1.807, 2.05) is 73.7 Å². The highest BCUT2D eigenvalue weighted by atomic mass is 16.5. The number of methoxy groups -OCH3 is 2. The molecule has 3 aromatic carbocycles. The van der Waals surface area contributed by atoms with E-state index >= 15 is 0 Å². The van der Waals surface area contributed by atoms with Gasteiger partial charge in [0.2, 0.25) is 5.90 Å². The lowest BCUT2D eigenvalue weighted by atomic mass is 10.3. The van der Waals surface area contributed by atoms with Gasteiger partial charge in [-0.3, -0.25) is 0 Å². The quantitative estimate of drug-likeness (QED) is 0.291. The SMILES string of the molecule is COc1cccc(OC=C(C)C(=Nc2ccccc2)Oc2cccc(OC)c2)c1. The Bertz CT molecular complexity index is 997. The lowest BCUT2D eigenvalue weighted by Crippen LogP contribution is -2.11. The number of benzene rings is 3. The largest absolute Gasteiger partial charge is 0.497 e. The van der Waals surface area contributed by atoms with E-state index in [1.54, 1.807) is 32.6 Å². The Labute approximate surface area is 170 Å². The summed E-state index contributed by atoms with van der Waals surface area (Å²) in [7, 11) is 3.23. The van der Waals surface area contributed by atoms with Crippen molar-refractivity contribution in [2.24, 2.45) is 4.99 Å². The molecule has 0 N–H and O–H groups in total. The first-order valence-corrected chi connectivity index (χ1v) is 9.11. The fraction of sp³-hybridized carbons (Fsp3) is 0.125. The molecule has 3 rings (SSSR count). The van der Waals surface area contributed by atoms with Crippen LogP contribution in [-0.2, 0) is 0 Å². The molecule has 0 radical (unpaired) electrons. The van der Waals surface area contributed by atoms with E-state index in [1.165, 1.54) is 0 Å². The van der Waals surface area contributed by atoms with Crippen LogP contribution in [0.3, 0.4) is 0 Å². The van der Waals surface area contributed by atoms with Crippen LogP contribution in [0.4, 0.5) is 5.69 Å². The minimum atomic E-state index is 0.423. The fourth-order valence-electron chi connectivity index (χ4n) is 2.47. The molecule has 5 nitrogen and oxygen atoms in total. The summed E-state index contributed by atoms with van der Waals surface area (Å²) in [6.07, 6.45) is 1.61. The molecule has 0 spiro atoms. The highest BCUT2D eigenvalue weighted by Gasteiger charge is 2.09. The lowest BCUT2D eigenvalue weighted by molar-refractivity contribution is 0.408. The zero-order valence-corrected chi connectivity index (χ0v) is 16.7. The molecule has 29 heavy (non-hydrogen) atoms. The summed E-state index contributed by atoms with van der Waals surface area (Å²) in [5.74, 6) is 3.12. The second-order valence-electron chi connectivity index (χ2n) is 6.13. The lowest BCUT2D eigenvalue weighted by Gasteiger charge is -2.11. The van der Waals surface area contributed by atoms with E-state index < -0.39 is 0 Å². The summed E-state index contributed by atoms with van der Waals surface area (Å²) in [6.45, 7) is 1.88. The zero-order chi connectivity index (χ0) is 20.5. The first kappa shape index (κ1) is 20.0. The van der Waals surface area contributed by atoms with Crippen LogP contribution in [0.2, 0.25) is 0 Å². The molecule has 0 saturated heterocycles. The third-order valence-electron chi connectivity index (χ3n) is 3.99. The van der Waals surface area contributed by atoms with Gasteiger partial charge in [-0.2, -0.15) is 0 Å². The number of rotatable bonds is 7. The molecule has 0 aromatic heterocycles. The van der Waals surface area contributed by atoms with Crippen molar-refractivity contribution in [2.45, 2.75) is 6.92 Å². The van der Waals surface area contributed by atoms with Crippen LogP contribution in [-0.4, -0.2) is 20.1 Å². The number of para-hydroxylation sites is 1. The van der Waals surface area contributed by atoms with E-state index in [0.29, 0.717) is 23.1 Å². The molecule has 0 amide bonds. The maximum Gasteiger partial charge on any atom is 0.225 e. The predicted octanol–water partition coefficient (Wildman–Crippen LogP) is 5.80. The van der Waals surface area contributed by atoms with Crippen LogP contribution in [0.15, 0.2) is 95.7 Å². The minimum absolute atomic E-state index is 0.423. The van der Waals surface area contributed by atoms with Gasteiger partial charge in [-0.25, -0.2) is 4.99 Å². The minimum Gasteiger partial charge on any atom is -0.497 e. The highest BCUT2D eigenvalue weighted by Crippen LogP contribution is 2.23. The van der Waals surface area contributed by atoms with Gasteiger partial charge in [0, 0.05) is 17.7 Å². The highest BCUT2D eigenvalue weighted by molar-refractivity contribution is 5.96. The maximum atomic E-state index is 6.05. The zero-order valence-electron chi connectivity index (χ0n) is 16.7. The maximum absolute atomic E-state index is 6.05. The Balaban J connectivity index is 1.87. The Kier molecular flexibility index (Phi) is 6.90. The molecule has 0 aliphatic rings. The van der Waals surface area contributed by atoms with Crippen LogP contribution in [0, 0.1) is 0 Å². The molecule has 0 fully saturated rings. The number of hydrogen-bond acceptors (Lipinski definition) is 5. The monoisotopic (exact) mass is 389 g/mol. The average Bonchev–Trinajstić information content (AvgIpc) is 2.78. The van der Waals surface area contributed by atoms with Gasteiger partial charge in [-0.1, -0.05) is 30.3 Å². The van der Waals surface area contributed by atoms with Gasteiger partial charge in [0.05, 0.1) is 26.2 Å². The molecule has 0 aliphatic heterocycles. The molecule has 148 valence electrons. The number of hydrogen-bond donors (Lipinski definition) is 0. The van der Waals surface area contributed by atoms with Crippen LogP contribution >= 0.6 is 0 Å². The van der Waals surface area contributed by atoms with Crippen LogP contribution in [0.5, 0.6) is 23.0 Å². The van der Waals surface area contributed by atoms with E-state index in [0.717, 1.165) is 17.0 Å². The van der Waals surface area contributed by atoms with E-state index in [-0.39, 0.29) is 0 Å². The summed E-state index contributed by atoms with van der Waals surface area (Å²) in [5.41, 5.74) is 1.50. The normalized spacial score (nSPS) is 11.7. The van der Waals surface area contributed by atoms with Crippen molar-refractivity contribution in [2.75, 3.05) is 14.2 Å². The molecule has 0 bridgehead atoms. The molecule has 3 aromatic rings. The Morgan fingerprint density at radius 3 is 1.97 bits per heavy atom. The summed E-state index contributed by atoms with van der Waals surface area (Å²) >= 11 is 0. The molecule has 0 unspecified atom stereocenters. The van der Waals surface area contributed by atoms with E-state index in [4.69, 9.17) is 18.9 Å². The molecular weight excluding hydrogens is 366 g/mol. The first-order valence-electron chi connectivity index (χ1n) is 9.11. The molecule has 0 aliphatic carbocycles. The molecule has 0 saturated carbocycles. The van der Waals surface area contributed by atoms with Gasteiger partial charge in [0.1, 0.15) is 23.0 Å². The topological polar surface area (TPSA) is 49.3 Å². The van der Waals surface area contributed by atoms with Gasteiger partial charge in [0.25, 0.3) is 0 Å². The molecule has 5 heteroatoms. The van der Waals surface area contributed by atoms with E-state index in [9.17, 15) is 0 Å². The van der Waals surface area contributed by atoms with Gasteiger partial charge < -0.3 is 18.9 Å². The van der Waals surface area contributed by atoms with Crippen molar-refractivity contribution in [3.05, 3.63) is 90.7 Å². The number of ether oxygens (including phenoxy) is 4. The van der Waals surface area contributed by atoms with Gasteiger partial charge >= 0.3 is 0 Å². The van der Waals surface area contributed by atoms with Gasteiger partial charge in [0.15, 0.2) is 0 Å². The summed E-state index contributed by atoms with van der Waals surface area (Å²) in [4.78, 5) is 4.64. The Morgan fingerprint density at radius 2 is 1.31 bits per heavy atom. The standard InChI is InChI=1S/C24H23NO4/c1-18(17-28-22-13-7-11-20(15-22)26-2)24(25-19-9-5-4-6-10-19)29-23-14-8-12-21(16-23)27-3/h4-17H,1-3H3. The van der Waals surface area contributed by atoms with Crippen LogP contribution < -0.4 is 18.9 Å². The number of aliphatic imine (C=N–C) groups is 1. The van der Waals surface area contributed by atoms with Crippen molar-refractivity contribution in [1.29, 1.82) is 0 Å². The summed E-state index contributed by atoms with van der Waals surface area (Å²) in [6, 6.07) is 24.4. The van der Waals surface area contributed by atoms with Crippen molar-refractivity contribution in [3.63, 3.8) is 0 Å². The van der Waals surface area contributed by atoms with Crippen molar-refractivity contribution >= 4 is 11.6 Å². The Hall–Kier alpha value is -3.73. The summed E-state index contributed by atoms with van der Waals surface area (Å²) in [5, 5.41) is 0. The molecule has 0 atom stereocenters. The van der Waals surface area contributed by atoms with Crippen LogP contribution in [0.1, 0.15) is 6.92 Å². The second kappa shape index (κ2) is 9.99. The smallest absolute Gasteiger partial charge is 0.225 e. The third kappa shape index (κ3) is 5.87. The van der Waals surface area contributed by atoms with Crippen molar-refractivity contribution < 1.29 is 18.9 Å². The first-order chi connectivity index (χ1) is 14.2. The third-order valence-corrected chi connectivity index (χ3v) is 3.99. The predicted molar refractivity (Wildman–Crippen MR) is 115 cm³/mol. The summed E-state index contributed by atoms with van der Waals surface area (Å²) < 4.78 is 22.3. The fourth-order valence-corrected chi connectivity index (χ4v) is 2.47. The molecular formula is C24H23NO4.